The Morgan fingerprint density at radius 3 is 2.65 bits per heavy atom. The molecule has 8 nitrogen and oxygen atoms in total. The van der Waals surface area contributed by atoms with Gasteiger partial charge in [-0.05, 0) is 55.8 Å². The molecule has 8 atom stereocenters. The molecule has 0 spiro atoms. The number of nitrogens with one attached hydrogen (secondary N) is 3. The monoisotopic (exact) mass is 438 g/mol. The Balaban J connectivity index is 1.71. The van der Waals surface area contributed by atoms with Gasteiger partial charge in [-0.15, -0.1) is 0 Å². The summed E-state index contributed by atoms with van der Waals surface area (Å²) in [5.74, 6) is 0.193. The highest BCUT2D eigenvalue weighted by Crippen LogP contribution is 2.42. The number of amides is 1. The summed E-state index contributed by atoms with van der Waals surface area (Å²) in [7, 11) is 0. The number of likely N-dealkylation sites (tertiary alicyclic amines) is 1. The first-order valence-corrected chi connectivity index (χ1v) is 12.3. The number of primary amides is 1. The first-order valence-electron chi connectivity index (χ1n) is 12.3. The van der Waals surface area contributed by atoms with Crippen molar-refractivity contribution in [2.45, 2.75) is 96.9 Å². The third-order valence-electron chi connectivity index (χ3n) is 7.84. The van der Waals surface area contributed by atoms with E-state index in [9.17, 15) is 9.90 Å². The van der Waals surface area contributed by atoms with Gasteiger partial charge in [0, 0.05) is 31.7 Å². The summed E-state index contributed by atoms with van der Waals surface area (Å²) in [5, 5.41) is 21.5. The number of carbonyl (C=O) groups excluding carboxylic acids is 1. The zero-order valence-corrected chi connectivity index (χ0v) is 19.9. The van der Waals surface area contributed by atoms with Crippen LogP contribution in [0.1, 0.15) is 66.2 Å². The van der Waals surface area contributed by atoms with Crippen molar-refractivity contribution in [2.24, 2.45) is 34.6 Å². The molecule has 3 aliphatic rings. The molecule has 180 valence electrons. The fourth-order valence-corrected chi connectivity index (χ4v) is 5.75. The van der Waals surface area contributed by atoms with Gasteiger partial charge in [0.2, 0.25) is 5.91 Å². The lowest BCUT2D eigenvalue weighted by Gasteiger charge is -2.48. The molecule has 1 saturated carbocycles. The zero-order valence-electron chi connectivity index (χ0n) is 19.9. The number of aliphatic hydroxyl groups is 1. The molecular weight excluding hydrogens is 392 g/mol. The molecule has 31 heavy (non-hydrogen) atoms. The molecule has 3 rings (SSSR count). The van der Waals surface area contributed by atoms with E-state index in [1.165, 1.54) is 0 Å². The van der Waals surface area contributed by atoms with Gasteiger partial charge in [-0.25, -0.2) is 0 Å². The molecule has 1 amide bonds. The van der Waals surface area contributed by atoms with Crippen molar-refractivity contribution < 1.29 is 9.90 Å². The van der Waals surface area contributed by atoms with E-state index in [2.05, 4.69) is 48.5 Å². The highest BCUT2D eigenvalue weighted by Gasteiger charge is 2.41. The van der Waals surface area contributed by atoms with Gasteiger partial charge in [0.1, 0.15) is 6.29 Å². The minimum Gasteiger partial charge on any atom is -0.393 e. The van der Waals surface area contributed by atoms with Gasteiger partial charge in [0.15, 0.2) is 0 Å². The number of aliphatic hydroxyl groups excluding tert-OH is 1. The van der Waals surface area contributed by atoms with Crippen LogP contribution in [0.5, 0.6) is 0 Å². The minimum atomic E-state index is -0.320. The number of rotatable bonds is 6. The molecule has 3 fully saturated rings. The van der Waals surface area contributed by atoms with Crippen LogP contribution in [0.25, 0.3) is 0 Å². The highest BCUT2D eigenvalue weighted by molar-refractivity contribution is 5.77. The lowest BCUT2D eigenvalue weighted by Crippen LogP contribution is -2.72. The van der Waals surface area contributed by atoms with Crippen LogP contribution in [0.3, 0.4) is 0 Å². The molecule has 7 unspecified atom stereocenters. The Bertz CT molecular complexity index is 597. The van der Waals surface area contributed by atoms with Gasteiger partial charge in [0.25, 0.3) is 0 Å². The molecule has 1 aliphatic carbocycles. The van der Waals surface area contributed by atoms with Gasteiger partial charge in [0.05, 0.1) is 18.2 Å². The van der Waals surface area contributed by atoms with Crippen molar-refractivity contribution in [3.8, 4) is 0 Å². The number of hydrogen-bond donors (Lipinski definition) is 6. The van der Waals surface area contributed by atoms with Crippen LogP contribution in [0.4, 0.5) is 0 Å². The standard InChI is InChI=1S/C23H46N6O2/c1-5-19(30)14-9-15(23(2,3)4)11-17(10-14)27-21-18(20(25)31)12-26-22(28-21)29-8-6-7-16(24)13-29/h14-19,21-22,26-28,30H,5-13,24H2,1-4H3,(H2,25,31)/t14?,15?,16-,17?,18?,19?,21?,22?/m1/s1. The topological polar surface area (TPSA) is 129 Å². The van der Waals surface area contributed by atoms with Gasteiger partial charge < -0.3 is 16.6 Å². The van der Waals surface area contributed by atoms with Gasteiger partial charge in [-0.2, -0.15) is 0 Å². The molecule has 0 aromatic heterocycles. The summed E-state index contributed by atoms with van der Waals surface area (Å²) < 4.78 is 0. The minimum absolute atomic E-state index is 0.0153. The average molecular weight is 439 g/mol. The van der Waals surface area contributed by atoms with Crippen molar-refractivity contribution in [3.63, 3.8) is 0 Å². The van der Waals surface area contributed by atoms with Crippen LogP contribution in [0.2, 0.25) is 0 Å². The fraction of sp³-hybridized carbons (Fsp3) is 0.957. The number of piperidine rings is 1. The Kier molecular flexibility index (Phi) is 8.38. The Hall–Kier alpha value is -0.770. The molecule has 2 heterocycles. The average Bonchev–Trinajstić information content (AvgIpc) is 2.72. The fourth-order valence-electron chi connectivity index (χ4n) is 5.75. The van der Waals surface area contributed by atoms with Crippen LogP contribution in [0, 0.1) is 23.2 Å². The first-order chi connectivity index (χ1) is 14.6. The SMILES string of the molecule is CCC(O)C1CC(NC2NC(N3CCC[C@@H](N)C3)NCC2C(N)=O)CC(C(C)(C)C)C1. The number of hydrogen-bond acceptors (Lipinski definition) is 7. The highest BCUT2D eigenvalue weighted by atomic mass is 16.3. The van der Waals surface area contributed by atoms with Crippen LogP contribution < -0.4 is 27.4 Å². The van der Waals surface area contributed by atoms with Crippen molar-refractivity contribution in [3.05, 3.63) is 0 Å². The predicted molar refractivity (Wildman–Crippen MR) is 124 cm³/mol. The van der Waals surface area contributed by atoms with Crippen molar-refractivity contribution >= 4 is 5.91 Å². The second-order valence-corrected chi connectivity index (χ2v) is 11.2. The summed E-state index contributed by atoms with van der Waals surface area (Å²) in [6, 6.07) is 0.436. The third kappa shape index (κ3) is 6.39. The van der Waals surface area contributed by atoms with Crippen LogP contribution in [-0.2, 0) is 4.79 Å². The maximum absolute atomic E-state index is 12.2. The van der Waals surface area contributed by atoms with E-state index in [4.69, 9.17) is 11.5 Å². The third-order valence-corrected chi connectivity index (χ3v) is 7.84. The zero-order chi connectivity index (χ0) is 22.8. The molecule has 8 heteroatoms. The van der Waals surface area contributed by atoms with Crippen molar-refractivity contribution in [2.75, 3.05) is 19.6 Å². The number of nitrogens with two attached hydrogens (primary N) is 2. The lowest BCUT2D eigenvalue weighted by atomic mass is 9.66. The Morgan fingerprint density at radius 2 is 2.03 bits per heavy atom. The van der Waals surface area contributed by atoms with E-state index in [1.54, 1.807) is 0 Å². The van der Waals surface area contributed by atoms with Crippen LogP contribution in [0.15, 0.2) is 0 Å². The lowest BCUT2D eigenvalue weighted by molar-refractivity contribution is -0.125. The predicted octanol–water partition coefficient (Wildman–Crippen LogP) is 0.505. The molecule has 0 aromatic rings. The molecule has 8 N–H and O–H groups in total. The van der Waals surface area contributed by atoms with Crippen LogP contribution in [-0.4, -0.2) is 66.2 Å². The van der Waals surface area contributed by atoms with Gasteiger partial charge in [-0.3, -0.25) is 25.6 Å². The van der Waals surface area contributed by atoms with E-state index in [0.717, 1.165) is 51.6 Å². The normalized spacial score (nSPS) is 39.2. The summed E-state index contributed by atoms with van der Waals surface area (Å²) in [5.41, 5.74) is 12.1. The summed E-state index contributed by atoms with van der Waals surface area (Å²) in [6.07, 6.45) is 5.49. The molecule has 0 aromatic carbocycles. The first kappa shape index (κ1) is 24.9. The van der Waals surface area contributed by atoms with Crippen LogP contribution >= 0.6 is 0 Å². The van der Waals surface area contributed by atoms with Gasteiger partial charge in [-0.1, -0.05) is 27.7 Å². The van der Waals surface area contributed by atoms with E-state index in [1.807, 2.05) is 0 Å². The summed E-state index contributed by atoms with van der Waals surface area (Å²) in [6.45, 7) is 11.3. The largest absolute Gasteiger partial charge is 0.393 e. The van der Waals surface area contributed by atoms with Gasteiger partial charge >= 0.3 is 0 Å². The molecular formula is C23H46N6O2. The van der Waals surface area contributed by atoms with E-state index < -0.39 is 0 Å². The molecule has 0 bridgehead atoms. The van der Waals surface area contributed by atoms with E-state index >= 15 is 0 Å². The van der Waals surface area contributed by atoms with Crippen molar-refractivity contribution in [1.29, 1.82) is 0 Å². The smallest absolute Gasteiger partial charge is 0.224 e. The Morgan fingerprint density at radius 1 is 1.29 bits per heavy atom. The molecule has 0 radical (unpaired) electrons. The number of carbonyl (C=O) groups is 1. The maximum Gasteiger partial charge on any atom is 0.224 e. The second kappa shape index (κ2) is 10.4. The number of nitrogens with zero attached hydrogens (tertiary/aromatic N) is 1. The quantitative estimate of drug-likeness (QED) is 0.356. The summed E-state index contributed by atoms with van der Waals surface area (Å²) in [4.78, 5) is 14.5. The summed E-state index contributed by atoms with van der Waals surface area (Å²) >= 11 is 0. The van der Waals surface area contributed by atoms with E-state index in [-0.39, 0.29) is 53.8 Å². The maximum atomic E-state index is 12.2. The van der Waals surface area contributed by atoms with E-state index in [0.29, 0.717) is 12.5 Å². The molecule has 2 saturated heterocycles. The molecule has 2 aliphatic heterocycles. The second-order valence-electron chi connectivity index (χ2n) is 11.2. The Labute approximate surface area is 188 Å². The van der Waals surface area contributed by atoms with Crippen molar-refractivity contribution in [1.82, 2.24) is 20.9 Å².